The van der Waals surface area contributed by atoms with Crippen LogP contribution >= 0.6 is 0 Å². The van der Waals surface area contributed by atoms with E-state index < -0.39 is 10.0 Å². The van der Waals surface area contributed by atoms with E-state index in [1.54, 1.807) is 32.2 Å². The minimum absolute atomic E-state index is 0.0267. The Bertz CT molecular complexity index is 1170. The van der Waals surface area contributed by atoms with Gasteiger partial charge in [0, 0.05) is 17.7 Å². The molecule has 0 aliphatic carbocycles. The van der Waals surface area contributed by atoms with E-state index in [2.05, 4.69) is 10.0 Å². The second-order valence-corrected chi connectivity index (χ2v) is 8.57. The molecule has 0 aliphatic rings. The minimum atomic E-state index is -3.84. The standard InChI is InChI=1S/C23H24N2O4S/c1-16-12-13-19(30(27,28)25-21-10-6-4-8-17(21)2)14-20(16)23(26)24-15-18-9-5-7-11-22(18)29-3/h4-14,25H,15H2,1-3H3,(H,24,26). The summed E-state index contributed by atoms with van der Waals surface area (Å²) in [5.41, 5.74) is 3.12. The first kappa shape index (κ1) is 21.4. The van der Waals surface area contributed by atoms with E-state index in [4.69, 9.17) is 4.74 Å². The van der Waals surface area contributed by atoms with Crippen molar-refractivity contribution < 1.29 is 17.9 Å². The lowest BCUT2D eigenvalue weighted by molar-refractivity contribution is 0.0950. The normalized spacial score (nSPS) is 11.0. The zero-order valence-corrected chi connectivity index (χ0v) is 17.9. The molecule has 0 heterocycles. The van der Waals surface area contributed by atoms with Crippen molar-refractivity contribution in [1.82, 2.24) is 5.32 Å². The van der Waals surface area contributed by atoms with Gasteiger partial charge in [0.25, 0.3) is 15.9 Å². The maximum Gasteiger partial charge on any atom is 0.261 e. The Morgan fingerprint density at radius 2 is 1.63 bits per heavy atom. The zero-order chi connectivity index (χ0) is 21.7. The van der Waals surface area contributed by atoms with Crippen molar-refractivity contribution in [2.45, 2.75) is 25.3 Å². The molecule has 156 valence electrons. The van der Waals surface area contributed by atoms with Crippen LogP contribution in [0, 0.1) is 13.8 Å². The van der Waals surface area contributed by atoms with Crippen LogP contribution in [-0.4, -0.2) is 21.4 Å². The highest BCUT2D eigenvalue weighted by Crippen LogP contribution is 2.22. The first-order valence-electron chi connectivity index (χ1n) is 9.41. The predicted octanol–water partition coefficient (Wildman–Crippen LogP) is 4.04. The number of sulfonamides is 1. The molecular weight excluding hydrogens is 400 g/mol. The molecule has 30 heavy (non-hydrogen) atoms. The molecule has 6 nitrogen and oxygen atoms in total. The Balaban J connectivity index is 1.82. The van der Waals surface area contributed by atoms with Gasteiger partial charge in [-0.25, -0.2) is 8.42 Å². The number of carbonyl (C=O) groups is 1. The summed E-state index contributed by atoms with van der Waals surface area (Å²) in [5.74, 6) is 0.319. The summed E-state index contributed by atoms with van der Waals surface area (Å²) in [7, 11) is -2.27. The molecule has 0 spiro atoms. The maximum absolute atomic E-state index is 12.8. The Kier molecular flexibility index (Phi) is 6.42. The highest BCUT2D eigenvalue weighted by Gasteiger charge is 2.19. The van der Waals surface area contributed by atoms with Gasteiger partial charge in [-0.15, -0.1) is 0 Å². The molecule has 0 saturated carbocycles. The minimum Gasteiger partial charge on any atom is -0.496 e. The molecular formula is C23H24N2O4S. The molecule has 0 bridgehead atoms. The molecule has 0 unspecified atom stereocenters. The van der Waals surface area contributed by atoms with Crippen LogP contribution in [-0.2, 0) is 16.6 Å². The predicted molar refractivity (Wildman–Crippen MR) is 117 cm³/mol. The van der Waals surface area contributed by atoms with E-state index in [1.165, 1.54) is 12.1 Å². The Morgan fingerprint density at radius 3 is 2.37 bits per heavy atom. The van der Waals surface area contributed by atoms with Crippen LogP contribution in [0.1, 0.15) is 27.0 Å². The molecule has 0 radical (unpaired) electrons. The van der Waals surface area contributed by atoms with Crippen LogP contribution in [0.15, 0.2) is 71.6 Å². The summed E-state index contributed by atoms with van der Waals surface area (Å²) >= 11 is 0. The quantitative estimate of drug-likeness (QED) is 0.599. The topological polar surface area (TPSA) is 84.5 Å². The Morgan fingerprint density at radius 1 is 0.933 bits per heavy atom. The lowest BCUT2D eigenvalue weighted by Crippen LogP contribution is -2.24. The summed E-state index contributed by atoms with van der Waals surface area (Å²) < 4.78 is 33.6. The maximum atomic E-state index is 12.8. The monoisotopic (exact) mass is 424 g/mol. The number of hydrogen-bond donors (Lipinski definition) is 2. The average Bonchev–Trinajstić information content (AvgIpc) is 2.74. The molecule has 0 saturated heterocycles. The van der Waals surface area contributed by atoms with Crippen LogP contribution in [0.25, 0.3) is 0 Å². The molecule has 0 fully saturated rings. The smallest absolute Gasteiger partial charge is 0.261 e. The highest BCUT2D eigenvalue weighted by atomic mass is 32.2. The average molecular weight is 425 g/mol. The molecule has 0 aromatic heterocycles. The third-order valence-electron chi connectivity index (χ3n) is 4.79. The number of para-hydroxylation sites is 2. The van der Waals surface area contributed by atoms with Crippen molar-refractivity contribution in [1.29, 1.82) is 0 Å². The Hall–Kier alpha value is -3.32. The third-order valence-corrected chi connectivity index (χ3v) is 6.15. The number of nitrogens with one attached hydrogen (secondary N) is 2. The summed E-state index contributed by atoms with van der Waals surface area (Å²) in [6.07, 6.45) is 0. The van der Waals surface area contributed by atoms with Gasteiger partial charge in [0.1, 0.15) is 5.75 Å². The van der Waals surface area contributed by atoms with Crippen LogP contribution < -0.4 is 14.8 Å². The van der Waals surface area contributed by atoms with Gasteiger partial charge in [-0.1, -0.05) is 42.5 Å². The van der Waals surface area contributed by atoms with E-state index in [0.717, 1.165) is 11.1 Å². The fourth-order valence-electron chi connectivity index (χ4n) is 3.02. The summed E-state index contributed by atoms with van der Waals surface area (Å²) in [6, 6.07) is 19.0. The molecule has 3 rings (SSSR count). The van der Waals surface area contributed by atoms with Crippen molar-refractivity contribution in [3.63, 3.8) is 0 Å². The fraction of sp³-hybridized carbons (Fsp3) is 0.174. The number of anilines is 1. The van der Waals surface area contributed by atoms with Gasteiger partial charge in [-0.05, 0) is 49.2 Å². The summed E-state index contributed by atoms with van der Waals surface area (Å²) in [6.45, 7) is 3.85. The second kappa shape index (κ2) is 9.00. The van der Waals surface area contributed by atoms with Gasteiger partial charge in [-0.3, -0.25) is 9.52 Å². The number of benzene rings is 3. The molecule has 0 aliphatic heterocycles. The molecule has 3 aromatic carbocycles. The van der Waals surface area contributed by atoms with Gasteiger partial charge >= 0.3 is 0 Å². The summed E-state index contributed by atoms with van der Waals surface area (Å²) in [5, 5.41) is 2.83. The van der Waals surface area contributed by atoms with Gasteiger partial charge < -0.3 is 10.1 Å². The lowest BCUT2D eigenvalue weighted by atomic mass is 10.1. The van der Waals surface area contributed by atoms with Gasteiger partial charge in [0.15, 0.2) is 0 Å². The van der Waals surface area contributed by atoms with E-state index >= 15 is 0 Å². The zero-order valence-electron chi connectivity index (χ0n) is 17.1. The number of ether oxygens (including phenoxy) is 1. The van der Waals surface area contributed by atoms with Crippen molar-refractivity contribution in [2.75, 3.05) is 11.8 Å². The molecule has 7 heteroatoms. The van der Waals surface area contributed by atoms with Crippen molar-refractivity contribution >= 4 is 21.6 Å². The molecule has 0 atom stereocenters. The largest absolute Gasteiger partial charge is 0.496 e. The number of rotatable bonds is 7. The molecule has 1 amide bonds. The number of methoxy groups -OCH3 is 1. The number of hydrogen-bond acceptors (Lipinski definition) is 4. The van der Waals surface area contributed by atoms with Crippen molar-refractivity contribution in [2.24, 2.45) is 0 Å². The van der Waals surface area contributed by atoms with Gasteiger partial charge in [-0.2, -0.15) is 0 Å². The number of aryl methyl sites for hydroxylation is 2. The first-order chi connectivity index (χ1) is 14.3. The van der Waals surface area contributed by atoms with Crippen molar-refractivity contribution in [3.05, 3.63) is 89.0 Å². The third kappa shape index (κ3) is 4.80. The van der Waals surface area contributed by atoms with E-state index in [1.807, 2.05) is 43.3 Å². The van der Waals surface area contributed by atoms with Crippen LogP contribution in [0.5, 0.6) is 5.75 Å². The molecule has 2 N–H and O–H groups in total. The van der Waals surface area contributed by atoms with Crippen LogP contribution in [0.2, 0.25) is 0 Å². The number of amides is 1. The summed E-state index contributed by atoms with van der Waals surface area (Å²) in [4.78, 5) is 12.8. The second-order valence-electron chi connectivity index (χ2n) is 6.89. The van der Waals surface area contributed by atoms with Crippen LogP contribution in [0.3, 0.4) is 0 Å². The highest BCUT2D eigenvalue weighted by molar-refractivity contribution is 7.92. The SMILES string of the molecule is COc1ccccc1CNC(=O)c1cc(S(=O)(=O)Nc2ccccc2C)ccc1C. The molecule has 3 aromatic rings. The fourth-order valence-corrected chi connectivity index (χ4v) is 4.18. The van der Waals surface area contributed by atoms with E-state index in [9.17, 15) is 13.2 Å². The van der Waals surface area contributed by atoms with Gasteiger partial charge in [0.05, 0.1) is 17.7 Å². The van der Waals surface area contributed by atoms with E-state index in [-0.39, 0.29) is 17.3 Å². The van der Waals surface area contributed by atoms with Gasteiger partial charge in [0.2, 0.25) is 0 Å². The Labute approximate surface area is 177 Å². The lowest BCUT2D eigenvalue weighted by Gasteiger charge is -2.13. The van der Waals surface area contributed by atoms with Crippen molar-refractivity contribution in [3.8, 4) is 5.75 Å². The van der Waals surface area contributed by atoms with Crippen LogP contribution in [0.4, 0.5) is 5.69 Å². The first-order valence-corrected chi connectivity index (χ1v) is 10.9. The van der Waals surface area contributed by atoms with E-state index in [0.29, 0.717) is 22.6 Å². The number of carbonyl (C=O) groups excluding carboxylic acids is 1.